The number of aromatic hydroxyl groups is 1. The van der Waals surface area contributed by atoms with Crippen molar-refractivity contribution < 1.29 is 15.0 Å². The quantitative estimate of drug-likeness (QED) is 0.623. The van der Waals surface area contributed by atoms with E-state index in [0.717, 1.165) is 5.56 Å². The highest BCUT2D eigenvalue weighted by Gasteiger charge is 2.11. The molecule has 1 aromatic rings. The van der Waals surface area contributed by atoms with Gasteiger partial charge in [0.25, 0.3) is 0 Å². The summed E-state index contributed by atoms with van der Waals surface area (Å²) >= 11 is 0. The molecule has 5 nitrogen and oxygen atoms in total. The van der Waals surface area contributed by atoms with Gasteiger partial charge >= 0.3 is 5.97 Å². The monoisotopic (exact) mass is 195 g/mol. The van der Waals surface area contributed by atoms with E-state index in [-0.39, 0.29) is 18.3 Å². The minimum absolute atomic E-state index is 0. The maximum Gasteiger partial charge on any atom is 0.320 e. The van der Waals surface area contributed by atoms with Gasteiger partial charge in [0, 0.05) is 6.15 Å². The first-order valence-electron chi connectivity index (χ1n) is 3.86. The minimum Gasteiger partial charge on any atom is -0.508 e. The third-order valence-electron chi connectivity index (χ3n) is 1.71. The highest BCUT2D eigenvalue weighted by atomic mass is 16.4. The molecule has 0 fully saturated rings. The Labute approximate surface area is 81.8 Å². The average Bonchev–Trinajstić information content (AvgIpc) is 2.08. The van der Waals surface area contributed by atoms with Crippen LogP contribution in [-0.4, -0.2) is 22.2 Å². The Hall–Kier alpha value is -1.59. The van der Waals surface area contributed by atoms with Gasteiger partial charge in [-0.2, -0.15) is 0 Å². The summed E-state index contributed by atoms with van der Waals surface area (Å²) in [6, 6.07) is 5.42. The topological polar surface area (TPSA) is 114 Å². The van der Waals surface area contributed by atoms with Crippen LogP contribution >= 0.6 is 0 Å². The summed E-state index contributed by atoms with van der Waals surface area (Å²) < 4.78 is 0. The van der Waals surface area contributed by atoms with Crippen molar-refractivity contribution in [2.24, 2.45) is 5.73 Å². The molecular weight excluding hydrogens is 184 g/mol. The van der Waals surface area contributed by atoms with Crippen molar-refractivity contribution >= 4 is 5.97 Å². The molecule has 1 aromatic carbocycles. The first-order valence-corrected chi connectivity index (χ1v) is 3.86. The lowest BCUT2D eigenvalue weighted by Gasteiger charge is -2.05. The fourth-order valence-corrected chi connectivity index (χ4v) is 0.973. The molecule has 0 aliphatic carbocycles. The molecule has 3 radical (unpaired) electrons. The van der Waals surface area contributed by atoms with Gasteiger partial charge in [0.2, 0.25) is 0 Å². The number of hydrogen-bond donors (Lipinski definition) is 3. The summed E-state index contributed by atoms with van der Waals surface area (Å²) in [6.45, 7) is 0. The highest BCUT2D eigenvalue weighted by Crippen LogP contribution is 2.10. The Kier molecular flexibility index (Phi) is 4.62. The largest absolute Gasteiger partial charge is 0.508 e. The van der Waals surface area contributed by atoms with Gasteiger partial charge in [-0.3, -0.25) is 4.79 Å². The molecule has 0 aliphatic heterocycles. The molecule has 1 rings (SSSR count). The van der Waals surface area contributed by atoms with Crippen LogP contribution in [0, 0.1) is 0 Å². The van der Waals surface area contributed by atoms with E-state index in [1.807, 2.05) is 0 Å². The lowest BCUT2D eigenvalue weighted by molar-refractivity contribution is -0.138. The molecule has 5 heteroatoms. The van der Waals surface area contributed by atoms with Crippen molar-refractivity contribution in [2.75, 3.05) is 0 Å². The molecule has 0 aromatic heterocycles. The number of aliphatic carboxylic acids is 1. The number of phenolic OH excluding ortho intramolecular Hbond substituents is 1. The lowest BCUT2D eigenvalue weighted by Crippen LogP contribution is -2.32. The molecule has 0 saturated heterocycles. The van der Waals surface area contributed by atoms with Crippen molar-refractivity contribution in [1.29, 1.82) is 0 Å². The van der Waals surface area contributed by atoms with Crippen molar-refractivity contribution in [1.82, 2.24) is 6.15 Å². The van der Waals surface area contributed by atoms with E-state index in [1.54, 1.807) is 12.1 Å². The van der Waals surface area contributed by atoms with E-state index in [1.165, 1.54) is 12.1 Å². The highest BCUT2D eigenvalue weighted by molar-refractivity contribution is 5.73. The smallest absolute Gasteiger partial charge is 0.320 e. The number of carboxylic acid groups (broad SMARTS) is 1. The number of carboxylic acids is 1. The maximum atomic E-state index is 10.4. The number of rotatable bonds is 3. The Morgan fingerprint density at radius 1 is 1.36 bits per heavy atom. The van der Waals surface area contributed by atoms with E-state index >= 15 is 0 Å². The minimum atomic E-state index is -1.02. The average molecular weight is 195 g/mol. The number of carbonyl (C=O) groups is 1. The summed E-state index contributed by atoms with van der Waals surface area (Å²) in [4.78, 5) is 10.4. The van der Waals surface area contributed by atoms with Crippen molar-refractivity contribution in [3.8, 4) is 5.75 Å². The molecule has 0 saturated carbocycles. The van der Waals surface area contributed by atoms with Gasteiger partial charge in [-0.25, -0.2) is 0 Å². The van der Waals surface area contributed by atoms with Crippen LogP contribution in [-0.2, 0) is 11.2 Å². The Morgan fingerprint density at radius 2 is 1.86 bits per heavy atom. The lowest BCUT2D eigenvalue weighted by atomic mass is 10.1. The zero-order chi connectivity index (χ0) is 9.84. The molecule has 0 amide bonds. The Morgan fingerprint density at radius 3 is 2.29 bits per heavy atom. The fourth-order valence-electron chi connectivity index (χ4n) is 0.973. The van der Waals surface area contributed by atoms with Crippen LogP contribution in [0.4, 0.5) is 0 Å². The second-order valence-corrected chi connectivity index (χ2v) is 2.82. The first kappa shape index (κ1) is 12.4. The van der Waals surface area contributed by atoms with E-state index in [9.17, 15) is 4.79 Å². The molecule has 1 atom stereocenters. The maximum absolute atomic E-state index is 10.4. The number of phenols is 1. The summed E-state index contributed by atoms with van der Waals surface area (Å²) in [6.07, 6.45) is 0.273. The SMILES string of the molecule is N[C@H](Cc1ccc(O)cc1)C(=O)O.[N]. The van der Waals surface area contributed by atoms with Crippen LogP contribution in [0.15, 0.2) is 24.3 Å². The predicted octanol–water partition coefficient (Wildman–Crippen LogP) is -0.134. The third kappa shape index (κ3) is 3.42. The van der Waals surface area contributed by atoms with Crippen molar-refractivity contribution in [3.05, 3.63) is 29.8 Å². The van der Waals surface area contributed by atoms with E-state index in [4.69, 9.17) is 15.9 Å². The number of nitrogens with zero attached hydrogens (tertiary/aromatic N) is 1. The van der Waals surface area contributed by atoms with Gasteiger partial charge < -0.3 is 15.9 Å². The molecule has 0 unspecified atom stereocenters. The molecule has 14 heavy (non-hydrogen) atoms. The Bertz CT molecular complexity index is 297. The predicted molar refractivity (Wildman–Crippen MR) is 49.6 cm³/mol. The normalized spacial score (nSPS) is 11.5. The molecule has 0 bridgehead atoms. The van der Waals surface area contributed by atoms with E-state index in [0.29, 0.717) is 0 Å². The van der Waals surface area contributed by atoms with Gasteiger partial charge in [-0.15, -0.1) is 0 Å². The van der Waals surface area contributed by atoms with Gasteiger partial charge in [0.05, 0.1) is 0 Å². The molecule has 0 spiro atoms. The van der Waals surface area contributed by atoms with Crippen LogP contribution in [0.25, 0.3) is 0 Å². The standard InChI is InChI=1S/C9H11NO3.N/c10-8(9(12)13)5-6-1-3-7(11)4-2-6;/h1-4,8,11H,5,10H2,(H,12,13);/t8-;/m1./s1. The van der Waals surface area contributed by atoms with Crippen LogP contribution in [0.2, 0.25) is 0 Å². The fraction of sp³-hybridized carbons (Fsp3) is 0.222. The second-order valence-electron chi connectivity index (χ2n) is 2.82. The molecule has 4 N–H and O–H groups in total. The first-order chi connectivity index (χ1) is 6.09. The third-order valence-corrected chi connectivity index (χ3v) is 1.71. The molecule has 0 aliphatic rings. The summed E-state index contributed by atoms with van der Waals surface area (Å²) in [7, 11) is 0. The van der Waals surface area contributed by atoms with Crippen LogP contribution < -0.4 is 11.9 Å². The molecule has 75 valence electrons. The summed E-state index contributed by atoms with van der Waals surface area (Å²) in [5.41, 5.74) is 6.12. The second kappa shape index (κ2) is 5.21. The molecular formula is C9H11N2O3. The van der Waals surface area contributed by atoms with Crippen LogP contribution in [0.5, 0.6) is 5.75 Å². The zero-order valence-electron chi connectivity index (χ0n) is 7.42. The van der Waals surface area contributed by atoms with E-state index < -0.39 is 12.0 Å². The van der Waals surface area contributed by atoms with Crippen molar-refractivity contribution in [3.63, 3.8) is 0 Å². The van der Waals surface area contributed by atoms with Gasteiger partial charge in [-0.1, -0.05) is 12.1 Å². The van der Waals surface area contributed by atoms with Crippen LogP contribution in [0.3, 0.4) is 0 Å². The summed E-state index contributed by atoms with van der Waals surface area (Å²) in [5, 5.41) is 17.5. The summed E-state index contributed by atoms with van der Waals surface area (Å²) in [5.74, 6) is -0.860. The number of hydrogen-bond acceptors (Lipinski definition) is 3. The number of benzene rings is 1. The zero-order valence-corrected chi connectivity index (χ0v) is 7.42. The van der Waals surface area contributed by atoms with Gasteiger partial charge in [0.15, 0.2) is 0 Å². The van der Waals surface area contributed by atoms with Gasteiger partial charge in [-0.05, 0) is 24.1 Å². The van der Waals surface area contributed by atoms with Gasteiger partial charge in [0.1, 0.15) is 11.8 Å². The number of nitrogens with two attached hydrogens (primary N) is 1. The van der Waals surface area contributed by atoms with Crippen LogP contribution in [0.1, 0.15) is 5.56 Å². The molecule has 0 heterocycles. The van der Waals surface area contributed by atoms with Crippen molar-refractivity contribution in [2.45, 2.75) is 12.5 Å². The Balaban J connectivity index is 0.00000169. The van der Waals surface area contributed by atoms with E-state index in [2.05, 4.69) is 0 Å².